The van der Waals surface area contributed by atoms with Crippen LogP contribution in [0.25, 0.3) is 11.1 Å². The minimum absolute atomic E-state index is 0.243. The molecule has 0 spiro atoms. The molecule has 2 amide bonds. The van der Waals surface area contributed by atoms with Crippen LogP contribution in [-0.2, 0) is 11.2 Å². The second kappa shape index (κ2) is 7.31. The maximum absolute atomic E-state index is 12.6. The van der Waals surface area contributed by atoms with E-state index < -0.39 is 6.04 Å². The van der Waals surface area contributed by atoms with E-state index in [0.717, 1.165) is 23.2 Å². The van der Waals surface area contributed by atoms with Crippen molar-refractivity contribution in [2.24, 2.45) is 0 Å². The molecule has 1 atom stereocenters. The molecule has 0 aliphatic heterocycles. The monoisotopic (exact) mass is 370 g/mol. The molecule has 1 aliphatic carbocycles. The lowest BCUT2D eigenvalue weighted by Crippen LogP contribution is -2.41. The SMILES string of the molecule is Cc1cccc(C(=O)N[C@@H](C)C(=O)Nc2ccc3c(c2)-c2ccccc2C3)c1. The minimum Gasteiger partial charge on any atom is -0.341 e. The number of amides is 2. The molecule has 0 aromatic heterocycles. The molecule has 0 fully saturated rings. The Labute approximate surface area is 164 Å². The number of nitrogens with one attached hydrogen (secondary N) is 2. The maximum atomic E-state index is 12.6. The Kier molecular flexibility index (Phi) is 4.70. The van der Waals surface area contributed by atoms with E-state index in [1.54, 1.807) is 19.1 Å². The fourth-order valence-corrected chi connectivity index (χ4v) is 3.58. The molecule has 0 radical (unpaired) electrons. The van der Waals surface area contributed by atoms with Crippen LogP contribution in [0.1, 0.15) is 34.0 Å². The fourth-order valence-electron chi connectivity index (χ4n) is 3.58. The lowest BCUT2D eigenvalue weighted by Gasteiger charge is -2.15. The third-order valence-electron chi connectivity index (χ3n) is 5.09. The number of hydrogen-bond donors (Lipinski definition) is 2. The molecule has 1 aliphatic rings. The van der Waals surface area contributed by atoms with Crippen LogP contribution in [0.4, 0.5) is 5.69 Å². The van der Waals surface area contributed by atoms with Crippen molar-refractivity contribution < 1.29 is 9.59 Å². The Morgan fingerprint density at radius 3 is 2.50 bits per heavy atom. The minimum atomic E-state index is -0.645. The first-order valence-electron chi connectivity index (χ1n) is 9.41. The Bertz CT molecular complexity index is 1070. The normalized spacial score (nSPS) is 12.6. The van der Waals surface area contributed by atoms with Crippen molar-refractivity contribution in [1.29, 1.82) is 0 Å². The van der Waals surface area contributed by atoms with E-state index in [2.05, 4.69) is 28.8 Å². The predicted octanol–water partition coefficient (Wildman–Crippen LogP) is 4.32. The molecule has 2 N–H and O–H groups in total. The maximum Gasteiger partial charge on any atom is 0.251 e. The van der Waals surface area contributed by atoms with Gasteiger partial charge in [0.25, 0.3) is 5.91 Å². The summed E-state index contributed by atoms with van der Waals surface area (Å²) in [5.41, 5.74) is 7.23. The molecule has 0 saturated carbocycles. The van der Waals surface area contributed by atoms with Gasteiger partial charge < -0.3 is 10.6 Å². The molecule has 3 aromatic carbocycles. The first-order chi connectivity index (χ1) is 13.5. The van der Waals surface area contributed by atoms with Crippen molar-refractivity contribution in [3.05, 3.63) is 89.0 Å². The van der Waals surface area contributed by atoms with Crippen molar-refractivity contribution in [2.75, 3.05) is 5.32 Å². The van der Waals surface area contributed by atoms with Gasteiger partial charge in [0.1, 0.15) is 6.04 Å². The lowest BCUT2D eigenvalue weighted by atomic mass is 10.1. The van der Waals surface area contributed by atoms with Crippen LogP contribution in [0.15, 0.2) is 66.7 Å². The predicted molar refractivity (Wildman–Crippen MR) is 111 cm³/mol. The second-order valence-corrected chi connectivity index (χ2v) is 7.26. The standard InChI is InChI=1S/C24H22N2O2/c1-15-6-5-8-19(12-15)24(28)25-16(2)23(27)26-20-11-10-18-13-17-7-3-4-9-21(17)22(18)14-20/h3-12,14,16H,13H2,1-2H3,(H,25,28)(H,26,27)/t16-/m0/s1. The number of anilines is 1. The van der Waals surface area contributed by atoms with Gasteiger partial charge in [0, 0.05) is 11.3 Å². The van der Waals surface area contributed by atoms with Crippen molar-refractivity contribution in [3.8, 4) is 11.1 Å². The summed E-state index contributed by atoms with van der Waals surface area (Å²) in [4.78, 5) is 24.9. The molecule has 4 rings (SSSR count). The van der Waals surface area contributed by atoms with Gasteiger partial charge in [-0.2, -0.15) is 0 Å². The lowest BCUT2D eigenvalue weighted by molar-refractivity contribution is -0.117. The number of carbonyl (C=O) groups is 2. The highest BCUT2D eigenvalue weighted by molar-refractivity contribution is 6.01. The van der Waals surface area contributed by atoms with E-state index >= 15 is 0 Å². The zero-order chi connectivity index (χ0) is 19.7. The Morgan fingerprint density at radius 2 is 1.68 bits per heavy atom. The van der Waals surface area contributed by atoms with Gasteiger partial charge in [-0.25, -0.2) is 0 Å². The molecule has 140 valence electrons. The third kappa shape index (κ3) is 3.54. The summed E-state index contributed by atoms with van der Waals surface area (Å²) in [6.45, 7) is 3.62. The van der Waals surface area contributed by atoms with Crippen LogP contribution >= 0.6 is 0 Å². The summed E-state index contributed by atoms with van der Waals surface area (Å²) in [5, 5.41) is 5.68. The quantitative estimate of drug-likeness (QED) is 0.562. The van der Waals surface area contributed by atoms with Crippen molar-refractivity contribution in [2.45, 2.75) is 26.3 Å². The zero-order valence-electron chi connectivity index (χ0n) is 16.0. The third-order valence-corrected chi connectivity index (χ3v) is 5.09. The van der Waals surface area contributed by atoms with Crippen molar-refractivity contribution in [1.82, 2.24) is 5.32 Å². The van der Waals surface area contributed by atoms with Crippen LogP contribution in [0.5, 0.6) is 0 Å². The van der Waals surface area contributed by atoms with Crippen LogP contribution in [0.3, 0.4) is 0 Å². The molecule has 4 nitrogen and oxygen atoms in total. The Morgan fingerprint density at radius 1 is 0.893 bits per heavy atom. The number of benzene rings is 3. The van der Waals surface area contributed by atoms with Gasteiger partial charge in [-0.1, -0.05) is 48.0 Å². The molecule has 28 heavy (non-hydrogen) atoms. The summed E-state index contributed by atoms with van der Waals surface area (Å²) >= 11 is 0. The first kappa shape index (κ1) is 18.0. The molecule has 0 unspecified atom stereocenters. The van der Waals surface area contributed by atoms with Crippen LogP contribution in [-0.4, -0.2) is 17.9 Å². The fraction of sp³-hybridized carbons (Fsp3) is 0.167. The summed E-state index contributed by atoms with van der Waals surface area (Å²) in [7, 11) is 0. The average Bonchev–Trinajstić information content (AvgIpc) is 3.06. The van der Waals surface area contributed by atoms with Gasteiger partial charge in [-0.3, -0.25) is 9.59 Å². The van der Waals surface area contributed by atoms with Gasteiger partial charge in [-0.15, -0.1) is 0 Å². The molecule has 0 saturated heterocycles. The van der Waals surface area contributed by atoms with Gasteiger partial charge in [0.15, 0.2) is 0 Å². The van der Waals surface area contributed by atoms with E-state index in [0.29, 0.717) is 5.56 Å². The highest BCUT2D eigenvalue weighted by Gasteiger charge is 2.20. The van der Waals surface area contributed by atoms with Gasteiger partial charge in [0.05, 0.1) is 0 Å². The number of rotatable bonds is 4. The van der Waals surface area contributed by atoms with E-state index in [4.69, 9.17) is 0 Å². The molecular formula is C24H22N2O2. The van der Waals surface area contributed by atoms with Crippen LogP contribution in [0, 0.1) is 6.92 Å². The number of hydrogen-bond acceptors (Lipinski definition) is 2. The largest absolute Gasteiger partial charge is 0.341 e. The van der Waals surface area contributed by atoms with Gasteiger partial charge >= 0.3 is 0 Å². The van der Waals surface area contributed by atoms with Crippen LogP contribution < -0.4 is 10.6 Å². The van der Waals surface area contributed by atoms with Crippen molar-refractivity contribution >= 4 is 17.5 Å². The van der Waals surface area contributed by atoms with Gasteiger partial charge in [0.2, 0.25) is 5.91 Å². The second-order valence-electron chi connectivity index (χ2n) is 7.26. The summed E-state index contributed by atoms with van der Waals surface area (Å²) in [6.07, 6.45) is 0.919. The van der Waals surface area contributed by atoms with Gasteiger partial charge in [-0.05, 0) is 66.8 Å². The highest BCUT2D eigenvalue weighted by atomic mass is 16.2. The summed E-state index contributed by atoms with van der Waals surface area (Å²) < 4.78 is 0. The molecular weight excluding hydrogens is 348 g/mol. The average molecular weight is 370 g/mol. The van der Waals surface area contributed by atoms with E-state index in [1.165, 1.54) is 16.7 Å². The van der Waals surface area contributed by atoms with E-state index in [-0.39, 0.29) is 11.8 Å². The molecule has 3 aromatic rings. The number of carbonyl (C=O) groups excluding carboxylic acids is 2. The molecule has 0 bridgehead atoms. The first-order valence-corrected chi connectivity index (χ1v) is 9.41. The Balaban J connectivity index is 1.45. The molecule has 4 heteroatoms. The smallest absolute Gasteiger partial charge is 0.251 e. The highest BCUT2D eigenvalue weighted by Crippen LogP contribution is 2.37. The zero-order valence-corrected chi connectivity index (χ0v) is 16.0. The Hall–Kier alpha value is -3.40. The van der Waals surface area contributed by atoms with E-state index in [9.17, 15) is 9.59 Å². The topological polar surface area (TPSA) is 58.2 Å². The summed E-state index contributed by atoms with van der Waals surface area (Å²) in [5.74, 6) is -0.499. The number of fused-ring (bicyclic) bond motifs is 3. The summed E-state index contributed by atoms with van der Waals surface area (Å²) in [6, 6.07) is 21.0. The molecule has 0 heterocycles. The number of aryl methyl sites for hydroxylation is 1. The van der Waals surface area contributed by atoms with Crippen LogP contribution in [0.2, 0.25) is 0 Å². The van der Waals surface area contributed by atoms with Crippen molar-refractivity contribution in [3.63, 3.8) is 0 Å². The van der Waals surface area contributed by atoms with E-state index in [1.807, 2.05) is 43.3 Å².